The number of nitrogens with zero attached hydrogens (tertiary/aromatic N) is 8. The van der Waals surface area contributed by atoms with Crippen LogP contribution >= 0.6 is 11.7 Å². The maximum Gasteiger partial charge on any atom is 0.324 e. The van der Waals surface area contributed by atoms with Crippen molar-refractivity contribution < 1.29 is 4.52 Å². The van der Waals surface area contributed by atoms with Gasteiger partial charge in [0.1, 0.15) is 11.0 Å². The minimum Gasteiger partial charge on any atom is -0.322 e. The molecule has 0 saturated carbocycles. The van der Waals surface area contributed by atoms with E-state index < -0.39 is 0 Å². The summed E-state index contributed by atoms with van der Waals surface area (Å²) in [6.07, 6.45) is 0. The zero-order chi connectivity index (χ0) is 24.5. The molecule has 3 aromatic heterocycles. The van der Waals surface area contributed by atoms with Gasteiger partial charge in [-0.25, -0.2) is 4.68 Å². The second kappa shape index (κ2) is 9.59. The molecular weight excluding hydrogens is 476 g/mol. The second-order valence-corrected chi connectivity index (χ2v) is 9.23. The predicted octanol–water partition coefficient (Wildman–Crippen LogP) is 3.16. The molecule has 5 aromatic rings. The highest BCUT2D eigenvalue weighted by molar-refractivity contribution is 7.00. The van der Waals surface area contributed by atoms with Crippen molar-refractivity contribution in [2.24, 2.45) is 0 Å². The smallest absolute Gasteiger partial charge is 0.322 e. The zero-order valence-electron chi connectivity index (χ0n) is 19.7. The molecule has 1 fully saturated rings. The Labute approximate surface area is 211 Å². The van der Waals surface area contributed by atoms with E-state index in [2.05, 4.69) is 40.7 Å². The minimum atomic E-state index is -0.173. The van der Waals surface area contributed by atoms with Gasteiger partial charge in [-0.1, -0.05) is 36.3 Å². The number of fused-ring (bicyclic) bond motifs is 1. The van der Waals surface area contributed by atoms with Gasteiger partial charge in [0.05, 0.1) is 24.0 Å². The molecule has 1 saturated heterocycles. The predicted molar refractivity (Wildman–Crippen MR) is 138 cm³/mol. The molecule has 0 unspecified atom stereocenters. The van der Waals surface area contributed by atoms with Crippen LogP contribution in [0.2, 0.25) is 0 Å². The van der Waals surface area contributed by atoms with Crippen LogP contribution in [0.15, 0.2) is 63.9 Å². The molecule has 0 N–H and O–H groups in total. The number of hydrogen-bond donors (Lipinski definition) is 0. The Morgan fingerprint density at radius 1 is 0.944 bits per heavy atom. The Morgan fingerprint density at radius 3 is 2.67 bits per heavy atom. The van der Waals surface area contributed by atoms with Gasteiger partial charge in [0.2, 0.25) is 5.82 Å². The first kappa shape index (κ1) is 22.5. The first-order valence-corrected chi connectivity index (χ1v) is 12.6. The van der Waals surface area contributed by atoms with E-state index in [9.17, 15) is 4.79 Å². The van der Waals surface area contributed by atoms with Gasteiger partial charge in [-0.3, -0.25) is 4.79 Å². The molecule has 11 heteroatoms. The molecule has 0 bridgehead atoms. The number of hydrogen-bond acceptors (Lipinski definition) is 10. The molecule has 6 rings (SSSR count). The number of piperazine rings is 1. The summed E-state index contributed by atoms with van der Waals surface area (Å²) in [5.74, 6) is 0.531. The second-order valence-electron chi connectivity index (χ2n) is 8.70. The minimum absolute atomic E-state index is 0.173. The lowest BCUT2D eigenvalue weighted by Crippen LogP contribution is -2.46. The van der Waals surface area contributed by atoms with Crippen molar-refractivity contribution in [1.82, 2.24) is 33.6 Å². The molecule has 1 aliphatic rings. The normalized spacial score (nSPS) is 14.5. The quantitative estimate of drug-likeness (QED) is 0.347. The molecule has 0 aliphatic carbocycles. The highest BCUT2D eigenvalue weighted by Crippen LogP contribution is 2.23. The average Bonchev–Trinajstić information content (AvgIpc) is 3.60. The van der Waals surface area contributed by atoms with Gasteiger partial charge in [0.25, 0.3) is 5.56 Å². The zero-order valence-corrected chi connectivity index (χ0v) is 20.6. The van der Waals surface area contributed by atoms with Gasteiger partial charge < -0.3 is 14.3 Å². The molecular formula is C25H24N8O2S. The van der Waals surface area contributed by atoms with Gasteiger partial charge in [0, 0.05) is 43.4 Å². The van der Waals surface area contributed by atoms with Crippen molar-refractivity contribution in [2.45, 2.75) is 13.5 Å². The largest absolute Gasteiger partial charge is 0.324 e. The Morgan fingerprint density at radius 2 is 1.81 bits per heavy atom. The van der Waals surface area contributed by atoms with Gasteiger partial charge in [-0.05, 0) is 36.4 Å². The summed E-state index contributed by atoms with van der Waals surface area (Å²) in [7, 11) is 0. The molecule has 10 nitrogen and oxygen atoms in total. The maximum atomic E-state index is 12.6. The maximum absolute atomic E-state index is 12.6. The van der Waals surface area contributed by atoms with Crippen molar-refractivity contribution in [1.29, 1.82) is 0 Å². The van der Waals surface area contributed by atoms with Crippen LogP contribution in [0.5, 0.6) is 0 Å². The number of benzene rings is 2. The molecule has 0 spiro atoms. The molecule has 4 heterocycles. The summed E-state index contributed by atoms with van der Waals surface area (Å²) < 4.78 is 15.6. The van der Waals surface area contributed by atoms with Gasteiger partial charge in [0.15, 0.2) is 0 Å². The monoisotopic (exact) mass is 500 g/mol. The first-order chi connectivity index (χ1) is 17.7. The topological polar surface area (TPSA) is 106 Å². The lowest BCUT2D eigenvalue weighted by Gasteiger charge is -2.32. The number of likely N-dealkylation sites (N-methyl/N-ethyl adjacent to an activating group) is 1. The fraction of sp³-hybridized carbons (Fsp3) is 0.280. The van der Waals surface area contributed by atoms with Gasteiger partial charge in [-0.15, -0.1) is 0 Å². The van der Waals surface area contributed by atoms with E-state index in [4.69, 9.17) is 4.52 Å². The molecule has 0 radical (unpaired) electrons. The summed E-state index contributed by atoms with van der Waals surface area (Å²) in [6.45, 7) is 7.25. The Balaban J connectivity index is 1.22. The van der Waals surface area contributed by atoms with E-state index >= 15 is 0 Å². The third kappa shape index (κ3) is 4.50. The highest BCUT2D eigenvalue weighted by atomic mass is 32.1. The summed E-state index contributed by atoms with van der Waals surface area (Å²) in [5, 5.41) is 8.81. The Kier molecular flexibility index (Phi) is 5.99. The van der Waals surface area contributed by atoms with Crippen LogP contribution in [0.3, 0.4) is 0 Å². The summed E-state index contributed by atoms with van der Waals surface area (Å²) in [5.41, 5.74) is 4.83. The number of rotatable bonds is 6. The van der Waals surface area contributed by atoms with Crippen LogP contribution < -0.4 is 10.5 Å². The van der Waals surface area contributed by atoms with Crippen LogP contribution in [0.1, 0.15) is 12.5 Å². The van der Waals surface area contributed by atoms with E-state index in [1.807, 2.05) is 42.5 Å². The molecule has 36 heavy (non-hydrogen) atoms. The lowest BCUT2D eigenvalue weighted by molar-refractivity contribution is 0.262. The van der Waals surface area contributed by atoms with Crippen LogP contribution in [-0.2, 0) is 6.54 Å². The van der Waals surface area contributed by atoms with E-state index in [1.165, 1.54) is 16.4 Å². The van der Waals surface area contributed by atoms with E-state index in [0.29, 0.717) is 24.1 Å². The summed E-state index contributed by atoms with van der Waals surface area (Å²) >= 11 is 1.18. The molecule has 0 atom stereocenters. The molecule has 1 aliphatic heterocycles. The number of anilines is 1. The van der Waals surface area contributed by atoms with Crippen molar-refractivity contribution in [3.05, 3.63) is 70.5 Å². The molecule has 182 valence electrons. The summed E-state index contributed by atoms with van der Waals surface area (Å²) in [4.78, 5) is 21.7. The van der Waals surface area contributed by atoms with E-state index in [1.54, 1.807) is 12.1 Å². The lowest BCUT2D eigenvalue weighted by atomic mass is 10.1. The van der Waals surface area contributed by atoms with Crippen molar-refractivity contribution in [3.8, 4) is 22.6 Å². The van der Waals surface area contributed by atoms with E-state index in [0.717, 1.165) is 60.4 Å². The standard InChI is InChI=1S/C25H24N8O2S/c1-2-31-10-12-32(13-11-31)25-26-24(28-35-25)19-5-3-4-17(14-19)16-33-23(34)9-8-20(27-33)18-6-7-21-22(15-18)30-36-29-21/h3-9,14-15H,2,10-13,16H2,1H3. The van der Waals surface area contributed by atoms with Crippen LogP contribution in [-0.4, -0.2) is 66.3 Å². The van der Waals surface area contributed by atoms with Crippen molar-refractivity contribution in [2.75, 3.05) is 37.6 Å². The fourth-order valence-electron chi connectivity index (χ4n) is 4.36. The first-order valence-electron chi connectivity index (χ1n) is 11.9. The van der Waals surface area contributed by atoms with E-state index in [-0.39, 0.29) is 5.56 Å². The van der Waals surface area contributed by atoms with Gasteiger partial charge >= 0.3 is 6.01 Å². The Hall–Kier alpha value is -3.96. The van der Waals surface area contributed by atoms with Crippen molar-refractivity contribution >= 4 is 28.8 Å². The van der Waals surface area contributed by atoms with Gasteiger partial charge in [-0.2, -0.15) is 18.8 Å². The average molecular weight is 501 g/mol. The van der Waals surface area contributed by atoms with Crippen LogP contribution in [0.4, 0.5) is 6.01 Å². The third-order valence-corrected chi connectivity index (χ3v) is 7.00. The third-order valence-electron chi connectivity index (χ3n) is 6.44. The highest BCUT2D eigenvalue weighted by Gasteiger charge is 2.21. The molecule has 0 amide bonds. The Bertz CT molecular complexity index is 1570. The number of aromatic nitrogens is 6. The summed E-state index contributed by atoms with van der Waals surface area (Å²) in [6, 6.07) is 17.4. The molecule has 2 aromatic carbocycles. The van der Waals surface area contributed by atoms with Crippen LogP contribution in [0.25, 0.3) is 33.7 Å². The van der Waals surface area contributed by atoms with Crippen molar-refractivity contribution in [3.63, 3.8) is 0 Å². The van der Waals surface area contributed by atoms with Crippen LogP contribution in [0, 0.1) is 0 Å². The SMILES string of the molecule is CCN1CCN(c2nc(-c3cccc(Cn4nc(-c5ccc6nsnc6c5)ccc4=O)c3)no2)CC1. The fourth-order valence-corrected chi connectivity index (χ4v) is 4.87.